The highest BCUT2D eigenvalue weighted by Gasteiger charge is 2.19. The van der Waals surface area contributed by atoms with Crippen LogP contribution in [0.1, 0.15) is 37.8 Å². The molecule has 2 heterocycles. The number of nitrogens with zero attached hydrogens (tertiary/aromatic N) is 3. The van der Waals surface area contributed by atoms with Gasteiger partial charge in [0, 0.05) is 49.4 Å². The van der Waals surface area contributed by atoms with E-state index >= 15 is 0 Å². The number of hydrogen-bond donors (Lipinski definition) is 2. The van der Waals surface area contributed by atoms with Crippen LogP contribution in [0.25, 0.3) is 0 Å². The van der Waals surface area contributed by atoms with Crippen LogP contribution in [0.4, 0.5) is 20.3 Å². The van der Waals surface area contributed by atoms with E-state index in [2.05, 4.69) is 15.3 Å². The van der Waals surface area contributed by atoms with E-state index in [-0.39, 0.29) is 34.1 Å². The summed E-state index contributed by atoms with van der Waals surface area (Å²) in [6, 6.07) is 2.71. The highest BCUT2D eigenvalue weighted by Crippen LogP contribution is 2.29. The van der Waals surface area contributed by atoms with Crippen LogP contribution < -0.4 is 10.2 Å². The van der Waals surface area contributed by atoms with Gasteiger partial charge in [0.15, 0.2) is 0 Å². The minimum Gasteiger partial charge on any atom is -0.381 e. The number of carbonyl (C=O) groups excluding carboxylic acids is 1. The Morgan fingerprint density at radius 3 is 2.74 bits per heavy atom. The molecule has 0 fully saturated rings. The van der Waals surface area contributed by atoms with Crippen LogP contribution in [0, 0.1) is 5.41 Å². The van der Waals surface area contributed by atoms with Crippen molar-refractivity contribution in [2.24, 2.45) is 0 Å². The number of aromatic nitrogens is 2. The zero-order valence-electron chi connectivity index (χ0n) is 15.1. The second-order valence-corrected chi connectivity index (χ2v) is 6.55. The van der Waals surface area contributed by atoms with Gasteiger partial charge in [0.05, 0.1) is 10.6 Å². The summed E-state index contributed by atoms with van der Waals surface area (Å²) < 4.78 is 26.2. The Morgan fingerprint density at radius 2 is 2.11 bits per heavy atom. The van der Waals surface area contributed by atoms with E-state index in [1.807, 2.05) is 6.92 Å². The van der Waals surface area contributed by atoms with Crippen molar-refractivity contribution in [2.75, 3.05) is 17.3 Å². The number of nitrogens with one attached hydrogen (secondary N) is 2. The lowest BCUT2D eigenvalue weighted by molar-refractivity contribution is -0.117. The monoisotopic (exact) mass is 395 g/mol. The predicted octanol–water partition coefficient (Wildman–Crippen LogP) is 4.31. The van der Waals surface area contributed by atoms with Crippen LogP contribution in [0.15, 0.2) is 30.7 Å². The van der Waals surface area contributed by atoms with Gasteiger partial charge in [-0.2, -0.15) is 0 Å². The van der Waals surface area contributed by atoms with Gasteiger partial charge in [0.2, 0.25) is 0 Å². The van der Waals surface area contributed by atoms with Gasteiger partial charge in [0.1, 0.15) is 17.4 Å². The van der Waals surface area contributed by atoms with Gasteiger partial charge >= 0.3 is 0 Å². The largest absolute Gasteiger partial charge is 0.381 e. The predicted molar refractivity (Wildman–Crippen MR) is 102 cm³/mol. The molecule has 0 saturated heterocycles. The number of alkyl halides is 2. The third-order valence-electron chi connectivity index (χ3n) is 3.86. The van der Waals surface area contributed by atoms with Crippen LogP contribution in [0.3, 0.4) is 0 Å². The van der Waals surface area contributed by atoms with E-state index in [4.69, 9.17) is 17.0 Å². The minimum atomic E-state index is -2.75. The third kappa shape index (κ3) is 5.19. The van der Waals surface area contributed by atoms with E-state index in [9.17, 15) is 13.6 Å². The summed E-state index contributed by atoms with van der Waals surface area (Å²) in [6.07, 6.45) is 1.78. The van der Waals surface area contributed by atoms with Gasteiger partial charge in [-0.3, -0.25) is 15.2 Å². The van der Waals surface area contributed by atoms with Crippen LogP contribution >= 0.6 is 11.6 Å². The Labute approximate surface area is 161 Å². The molecule has 1 unspecified atom stereocenters. The summed E-state index contributed by atoms with van der Waals surface area (Å²) in [7, 11) is 1.55. The number of ketones is 1. The molecule has 0 aliphatic heterocycles. The fourth-order valence-electron chi connectivity index (χ4n) is 2.55. The van der Waals surface area contributed by atoms with Gasteiger partial charge in [-0.1, -0.05) is 11.6 Å². The lowest BCUT2D eigenvalue weighted by Gasteiger charge is -2.23. The Morgan fingerprint density at radius 1 is 1.41 bits per heavy atom. The molecular formula is C18H20ClF2N5O. The van der Waals surface area contributed by atoms with Crippen molar-refractivity contribution in [3.05, 3.63) is 46.9 Å². The SMILES string of the molecule is CC(=O)CC(C)Nc1ccncc1C(=N)N(C)c1cc(C(F)F)c(Cl)cn1. The van der Waals surface area contributed by atoms with E-state index in [0.717, 1.165) is 12.3 Å². The average Bonchev–Trinajstić information content (AvgIpc) is 2.60. The molecule has 2 N–H and O–H groups in total. The molecule has 9 heteroatoms. The maximum absolute atomic E-state index is 13.1. The van der Waals surface area contributed by atoms with Gasteiger partial charge < -0.3 is 10.2 Å². The van der Waals surface area contributed by atoms with Crippen LogP contribution in [-0.2, 0) is 4.79 Å². The first-order valence-corrected chi connectivity index (χ1v) is 8.54. The van der Waals surface area contributed by atoms with Crippen molar-refractivity contribution in [1.29, 1.82) is 5.41 Å². The number of hydrogen-bond acceptors (Lipinski definition) is 5. The molecule has 0 amide bonds. The molecule has 2 aromatic heterocycles. The number of pyridine rings is 2. The zero-order valence-corrected chi connectivity index (χ0v) is 15.9. The number of rotatable bonds is 7. The Balaban J connectivity index is 2.30. The summed E-state index contributed by atoms with van der Waals surface area (Å²) in [5.41, 5.74) is 0.713. The smallest absolute Gasteiger partial charge is 0.265 e. The molecular weight excluding hydrogens is 376 g/mol. The zero-order chi connectivity index (χ0) is 20.1. The second-order valence-electron chi connectivity index (χ2n) is 6.15. The van der Waals surface area contributed by atoms with E-state index in [1.165, 1.54) is 18.0 Å². The molecule has 0 aliphatic carbocycles. The lowest BCUT2D eigenvalue weighted by Crippen LogP contribution is -2.29. The van der Waals surface area contributed by atoms with Gasteiger partial charge in [0.25, 0.3) is 6.43 Å². The summed E-state index contributed by atoms with van der Waals surface area (Å²) in [5.74, 6) is 0.213. The highest BCUT2D eigenvalue weighted by molar-refractivity contribution is 6.31. The van der Waals surface area contributed by atoms with Crippen molar-refractivity contribution < 1.29 is 13.6 Å². The minimum absolute atomic E-state index is 0.00987. The summed E-state index contributed by atoms with van der Waals surface area (Å²) in [5, 5.41) is 11.5. The fraction of sp³-hybridized carbons (Fsp3) is 0.333. The molecule has 0 bridgehead atoms. The molecule has 0 aromatic carbocycles. The normalized spacial score (nSPS) is 12.0. The third-order valence-corrected chi connectivity index (χ3v) is 4.17. The van der Waals surface area contributed by atoms with Gasteiger partial charge in [-0.05, 0) is 26.0 Å². The van der Waals surface area contributed by atoms with Crippen molar-refractivity contribution in [1.82, 2.24) is 9.97 Å². The fourth-order valence-corrected chi connectivity index (χ4v) is 2.73. The summed E-state index contributed by atoms with van der Waals surface area (Å²) in [6.45, 7) is 3.36. The standard InChI is InChI=1S/C18H20ClF2N5O/c1-10(6-11(2)27)25-15-4-5-23-8-13(15)18(22)26(3)16-7-12(17(20)21)14(19)9-24-16/h4-5,7-10,17,22H,6H2,1-3H3,(H,23,25). The molecule has 144 valence electrons. The maximum atomic E-state index is 13.1. The molecule has 1 atom stereocenters. The molecule has 2 rings (SSSR count). The van der Waals surface area contributed by atoms with Crippen molar-refractivity contribution >= 4 is 34.7 Å². The van der Waals surface area contributed by atoms with E-state index in [0.29, 0.717) is 17.7 Å². The molecule has 27 heavy (non-hydrogen) atoms. The number of carbonyl (C=O) groups is 1. The first-order valence-electron chi connectivity index (χ1n) is 8.17. The van der Waals surface area contributed by atoms with Crippen LogP contribution in [0.5, 0.6) is 0 Å². The Kier molecular flexibility index (Phi) is 6.79. The molecule has 6 nitrogen and oxygen atoms in total. The molecule has 0 aliphatic rings. The quantitative estimate of drug-likeness (QED) is 0.539. The van der Waals surface area contributed by atoms with Gasteiger partial charge in [-0.25, -0.2) is 13.8 Å². The molecule has 0 radical (unpaired) electrons. The number of halogens is 3. The Hall–Kier alpha value is -2.61. The van der Waals surface area contributed by atoms with Gasteiger partial charge in [-0.15, -0.1) is 0 Å². The van der Waals surface area contributed by atoms with Crippen LogP contribution in [-0.4, -0.2) is 34.7 Å². The number of anilines is 2. The summed E-state index contributed by atoms with van der Waals surface area (Å²) in [4.78, 5) is 20.7. The van der Waals surface area contributed by atoms with Crippen molar-refractivity contribution in [3.8, 4) is 0 Å². The highest BCUT2D eigenvalue weighted by atomic mass is 35.5. The molecule has 2 aromatic rings. The molecule has 0 saturated carbocycles. The topological polar surface area (TPSA) is 82.0 Å². The summed E-state index contributed by atoms with van der Waals surface area (Å²) >= 11 is 5.75. The van der Waals surface area contributed by atoms with Crippen molar-refractivity contribution in [2.45, 2.75) is 32.7 Å². The second kappa shape index (κ2) is 8.85. The average molecular weight is 396 g/mol. The van der Waals surface area contributed by atoms with Crippen molar-refractivity contribution in [3.63, 3.8) is 0 Å². The molecule has 0 spiro atoms. The number of amidine groups is 1. The maximum Gasteiger partial charge on any atom is 0.265 e. The Bertz CT molecular complexity index is 846. The van der Waals surface area contributed by atoms with E-state index < -0.39 is 6.43 Å². The van der Waals surface area contributed by atoms with E-state index in [1.54, 1.807) is 19.3 Å². The number of Topliss-reactive ketones (excluding diaryl/α,β-unsaturated/α-hetero) is 1. The van der Waals surface area contributed by atoms with Crippen LogP contribution in [0.2, 0.25) is 5.02 Å². The lowest BCUT2D eigenvalue weighted by atomic mass is 10.1. The first kappa shape index (κ1) is 20.7. The first-order chi connectivity index (χ1) is 12.7.